The molecule has 0 aliphatic carbocycles. The van der Waals surface area contributed by atoms with Crippen molar-refractivity contribution in [2.75, 3.05) is 0 Å². The van der Waals surface area contributed by atoms with Crippen LogP contribution in [0.3, 0.4) is 0 Å². The van der Waals surface area contributed by atoms with E-state index in [-0.39, 0.29) is 0 Å². The van der Waals surface area contributed by atoms with E-state index in [2.05, 4.69) is 179 Å². The van der Waals surface area contributed by atoms with Crippen LogP contribution in [0.15, 0.2) is 194 Å². The summed E-state index contributed by atoms with van der Waals surface area (Å²) in [4.78, 5) is 10.3. The topological polar surface area (TPSA) is 35.6 Å². The first kappa shape index (κ1) is 32.0. The third-order valence-corrected chi connectivity index (χ3v) is 12.5. The summed E-state index contributed by atoms with van der Waals surface area (Å²) < 4.78 is 7.58. The van der Waals surface area contributed by atoms with Crippen LogP contribution in [0.25, 0.3) is 109 Å². The summed E-state index contributed by atoms with van der Waals surface area (Å²) in [6.45, 7) is 0. The number of fused-ring (bicyclic) bond motifs is 12. The fourth-order valence-electron chi connectivity index (χ4n) is 8.87. The maximum atomic E-state index is 5.22. The lowest BCUT2D eigenvalue weighted by atomic mass is 10.0. The van der Waals surface area contributed by atoms with Crippen molar-refractivity contribution in [3.63, 3.8) is 0 Å². The molecule has 57 heavy (non-hydrogen) atoms. The fourth-order valence-corrected chi connectivity index (χ4v) is 10.1. The third kappa shape index (κ3) is 4.86. The number of thiophene rings is 1. The molecule has 0 unspecified atom stereocenters. The van der Waals surface area contributed by atoms with Gasteiger partial charge >= 0.3 is 0 Å². The van der Waals surface area contributed by atoms with Crippen molar-refractivity contribution in [2.45, 2.75) is 0 Å². The van der Waals surface area contributed by atoms with Crippen LogP contribution in [-0.4, -0.2) is 19.1 Å². The molecule has 0 amide bonds. The summed E-state index contributed by atoms with van der Waals surface area (Å²) >= 11 is 1.90. The van der Waals surface area contributed by atoms with E-state index in [0.717, 1.165) is 39.5 Å². The zero-order valence-corrected chi connectivity index (χ0v) is 31.5. The number of nitrogens with zero attached hydrogens (tertiary/aromatic N) is 4. The Hall–Kier alpha value is -7.34. The van der Waals surface area contributed by atoms with E-state index in [1.165, 1.54) is 63.8 Å². The first-order valence-electron chi connectivity index (χ1n) is 19.3. The third-order valence-electron chi connectivity index (χ3n) is 11.3. The van der Waals surface area contributed by atoms with Crippen molar-refractivity contribution in [3.05, 3.63) is 194 Å². The Kier molecular flexibility index (Phi) is 7.06. The van der Waals surface area contributed by atoms with Gasteiger partial charge in [-0.1, -0.05) is 146 Å². The van der Waals surface area contributed by atoms with Gasteiger partial charge < -0.3 is 9.13 Å². The van der Waals surface area contributed by atoms with Gasteiger partial charge in [0.05, 0.1) is 38.2 Å². The quantitative estimate of drug-likeness (QED) is 0.176. The number of aromatic nitrogens is 4. The smallest absolute Gasteiger partial charge is 0.160 e. The summed E-state index contributed by atoms with van der Waals surface area (Å²) in [6.07, 6.45) is 0. The molecule has 8 aromatic carbocycles. The maximum absolute atomic E-state index is 5.22. The zero-order chi connectivity index (χ0) is 37.5. The SMILES string of the molecule is c1ccc(-c2cc(-c3cccc(-n4c5ccccc5c5c6c7ccccc7sc6c6c(c7ccccc7n6-c6ccccc6)c54)c3)nc(-c3ccccc3)n2)cc1. The van der Waals surface area contributed by atoms with Crippen LogP contribution < -0.4 is 0 Å². The second-order valence-corrected chi connectivity index (χ2v) is 15.6. The molecule has 5 heteroatoms. The molecule has 266 valence electrons. The summed E-state index contributed by atoms with van der Waals surface area (Å²) in [5.74, 6) is 0.705. The summed E-state index contributed by atoms with van der Waals surface area (Å²) in [5.41, 5.74) is 11.9. The number of rotatable bonds is 5. The Morgan fingerprint density at radius 1 is 0.368 bits per heavy atom. The predicted molar refractivity (Wildman–Crippen MR) is 240 cm³/mol. The lowest BCUT2D eigenvalue weighted by Gasteiger charge is -2.13. The van der Waals surface area contributed by atoms with Crippen molar-refractivity contribution in [1.29, 1.82) is 0 Å². The minimum Gasteiger partial charge on any atom is -0.308 e. The van der Waals surface area contributed by atoms with Crippen LogP contribution >= 0.6 is 11.3 Å². The Labute approximate surface area is 332 Å². The molecule has 4 nitrogen and oxygen atoms in total. The number of hydrogen-bond acceptors (Lipinski definition) is 3. The van der Waals surface area contributed by atoms with E-state index in [9.17, 15) is 0 Å². The standard InChI is InChI=1S/C52H32N4S/c1-4-17-33(18-5-1)41-32-42(54-52(53-41)34-19-6-2-7-20-34)35-21-16-24-37(31-35)56-43-28-13-10-25-38(43)46-47-40-27-12-15-30-45(40)57-51(47)50-48(49(46)56)39-26-11-14-29-44(39)55(50)36-22-8-3-9-23-36/h1-32H. The Morgan fingerprint density at radius 3 is 1.61 bits per heavy atom. The van der Waals surface area contributed by atoms with E-state index in [4.69, 9.17) is 9.97 Å². The highest BCUT2D eigenvalue weighted by Crippen LogP contribution is 2.51. The van der Waals surface area contributed by atoms with E-state index < -0.39 is 0 Å². The molecule has 0 N–H and O–H groups in total. The molecule has 0 radical (unpaired) electrons. The van der Waals surface area contributed by atoms with Gasteiger partial charge in [-0.05, 0) is 48.5 Å². The number of benzene rings is 8. The van der Waals surface area contributed by atoms with Crippen molar-refractivity contribution in [2.24, 2.45) is 0 Å². The van der Waals surface area contributed by atoms with Gasteiger partial charge in [0.2, 0.25) is 0 Å². The molecule has 12 rings (SSSR count). The lowest BCUT2D eigenvalue weighted by Crippen LogP contribution is -1.98. The second kappa shape index (κ2) is 12.6. The normalized spacial score (nSPS) is 11.9. The van der Waals surface area contributed by atoms with Gasteiger partial charge in [0.25, 0.3) is 0 Å². The molecule has 4 aromatic heterocycles. The first-order valence-corrected chi connectivity index (χ1v) is 20.1. The Bertz CT molecular complexity index is 3450. The van der Waals surface area contributed by atoms with Crippen molar-refractivity contribution >= 4 is 75.1 Å². The van der Waals surface area contributed by atoms with Gasteiger partial charge in [0, 0.05) is 65.1 Å². The molecule has 0 bridgehead atoms. The Balaban J connectivity index is 1.22. The van der Waals surface area contributed by atoms with Gasteiger partial charge in [-0.15, -0.1) is 11.3 Å². The molecule has 0 saturated carbocycles. The lowest BCUT2D eigenvalue weighted by molar-refractivity contribution is 1.17. The van der Waals surface area contributed by atoms with E-state index in [0.29, 0.717) is 5.82 Å². The molecule has 0 spiro atoms. The van der Waals surface area contributed by atoms with Gasteiger partial charge in [-0.25, -0.2) is 9.97 Å². The number of hydrogen-bond donors (Lipinski definition) is 0. The zero-order valence-electron chi connectivity index (χ0n) is 30.7. The largest absolute Gasteiger partial charge is 0.308 e. The van der Waals surface area contributed by atoms with E-state index in [1.807, 2.05) is 35.6 Å². The maximum Gasteiger partial charge on any atom is 0.160 e. The van der Waals surface area contributed by atoms with Crippen LogP contribution in [0.4, 0.5) is 0 Å². The molecular weight excluding hydrogens is 713 g/mol. The van der Waals surface area contributed by atoms with Crippen molar-refractivity contribution in [3.8, 4) is 45.3 Å². The van der Waals surface area contributed by atoms with Gasteiger partial charge in [0.15, 0.2) is 5.82 Å². The van der Waals surface area contributed by atoms with Gasteiger partial charge in [0.1, 0.15) is 0 Å². The average Bonchev–Trinajstić information content (AvgIpc) is 3.95. The Morgan fingerprint density at radius 2 is 0.895 bits per heavy atom. The van der Waals surface area contributed by atoms with Crippen LogP contribution in [0, 0.1) is 0 Å². The number of para-hydroxylation sites is 3. The molecular formula is C52H32N4S. The first-order chi connectivity index (χ1) is 28.3. The molecule has 0 fully saturated rings. The fraction of sp³-hybridized carbons (Fsp3) is 0. The highest BCUT2D eigenvalue weighted by Gasteiger charge is 2.26. The highest BCUT2D eigenvalue weighted by molar-refractivity contribution is 7.27. The van der Waals surface area contributed by atoms with Gasteiger partial charge in [-0.3, -0.25) is 0 Å². The molecule has 4 heterocycles. The van der Waals surface area contributed by atoms with E-state index in [1.54, 1.807) is 0 Å². The summed E-state index contributed by atoms with van der Waals surface area (Å²) in [6, 6.07) is 69.2. The minimum absolute atomic E-state index is 0.705. The van der Waals surface area contributed by atoms with Crippen LogP contribution in [-0.2, 0) is 0 Å². The molecule has 0 atom stereocenters. The van der Waals surface area contributed by atoms with Gasteiger partial charge in [-0.2, -0.15) is 0 Å². The van der Waals surface area contributed by atoms with Crippen molar-refractivity contribution in [1.82, 2.24) is 19.1 Å². The minimum atomic E-state index is 0.705. The van der Waals surface area contributed by atoms with Crippen LogP contribution in [0.2, 0.25) is 0 Å². The average molecular weight is 745 g/mol. The molecule has 12 aromatic rings. The van der Waals surface area contributed by atoms with E-state index >= 15 is 0 Å². The summed E-state index contributed by atoms with van der Waals surface area (Å²) in [7, 11) is 0. The second-order valence-electron chi connectivity index (χ2n) is 14.5. The molecule has 0 saturated heterocycles. The van der Waals surface area contributed by atoms with Crippen LogP contribution in [0.5, 0.6) is 0 Å². The monoisotopic (exact) mass is 744 g/mol. The summed E-state index contributed by atoms with van der Waals surface area (Å²) in [5, 5.41) is 7.60. The molecule has 0 aliphatic rings. The highest BCUT2D eigenvalue weighted by atomic mass is 32.1. The van der Waals surface area contributed by atoms with Crippen LogP contribution in [0.1, 0.15) is 0 Å². The predicted octanol–water partition coefficient (Wildman–Crippen LogP) is 14.0. The van der Waals surface area contributed by atoms with Crippen molar-refractivity contribution < 1.29 is 0 Å². The molecule has 0 aliphatic heterocycles.